The molecule has 2 aromatic rings. The first-order valence-corrected chi connectivity index (χ1v) is 11.6. The molecule has 0 saturated carbocycles. The van der Waals surface area contributed by atoms with Gasteiger partial charge in [-0.1, -0.05) is 23.7 Å². The van der Waals surface area contributed by atoms with Crippen LogP contribution in [0.2, 0.25) is 4.34 Å². The fourth-order valence-electron chi connectivity index (χ4n) is 2.87. The average Bonchev–Trinajstić information content (AvgIpc) is 2.96. The normalized spacial score (nSPS) is 16.8. The molecule has 1 saturated heterocycles. The van der Waals surface area contributed by atoms with Crippen molar-refractivity contribution in [1.29, 1.82) is 0 Å². The van der Waals surface area contributed by atoms with Gasteiger partial charge >= 0.3 is 0 Å². The van der Waals surface area contributed by atoms with Crippen molar-refractivity contribution in [2.75, 3.05) is 45.2 Å². The van der Waals surface area contributed by atoms with E-state index < -0.39 is 10.0 Å². The largest absolute Gasteiger partial charge is 0.378 e. The summed E-state index contributed by atoms with van der Waals surface area (Å²) in [4.78, 5) is 4.36. The van der Waals surface area contributed by atoms with Crippen LogP contribution in [0.15, 0.2) is 39.0 Å². The minimum atomic E-state index is -3.47. The number of nitrogens with zero attached hydrogens (tertiary/aromatic N) is 3. The second kappa shape index (κ2) is 8.16. The molecule has 0 N–H and O–H groups in total. The highest BCUT2D eigenvalue weighted by molar-refractivity contribution is 9.10. The van der Waals surface area contributed by atoms with Gasteiger partial charge in [-0.3, -0.25) is 4.90 Å². The summed E-state index contributed by atoms with van der Waals surface area (Å²) in [5.41, 5.74) is 2.41. The molecule has 1 aliphatic heterocycles. The van der Waals surface area contributed by atoms with Crippen LogP contribution in [0.1, 0.15) is 5.56 Å². The highest BCUT2D eigenvalue weighted by Crippen LogP contribution is 2.36. The molecule has 1 aromatic heterocycles. The van der Waals surface area contributed by atoms with Crippen molar-refractivity contribution in [2.24, 2.45) is 0 Å². The van der Waals surface area contributed by atoms with Crippen molar-refractivity contribution in [1.82, 2.24) is 9.21 Å². The molecule has 0 atom stereocenters. The summed E-state index contributed by atoms with van der Waals surface area (Å²) in [7, 11) is 0.574. The zero-order valence-corrected chi connectivity index (χ0v) is 18.6. The lowest BCUT2D eigenvalue weighted by Crippen LogP contribution is -2.48. The van der Waals surface area contributed by atoms with Gasteiger partial charge in [0.1, 0.15) is 8.55 Å². The van der Waals surface area contributed by atoms with Gasteiger partial charge in [0.05, 0.1) is 0 Å². The van der Waals surface area contributed by atoms with Crippen LogP contribution < -0.4 is 4.90 Å². The highest BCUT2D eigenvalue weighted by Gasteiger charge is 2.30. The third kappa shape index (κ3) is 4.43. The van der Waals surface area contributed by atoms with E-state index >= 15 is 0 Å². The second-order valence-corrected chi connectivity index (χ2v) is 11.1. The molecule has 26 heavy (non-hydrogen) atoms. The maximum atomic E-state index is 12.8. The van der Waals surface area contributed by atoms with Crippen LogP contribution in [-0.4, -0.2) is 57.9 Å². The number of halogens is 2. The molecule has 0 bridgehead atoms. The Balaban J connectivity index is 1.60. The summed E-state index contributed by atoms with van der Waals surface area (Å²) in [6.45, 7) is 3.25. The molecule has 0 radical (unpaired) electrons. The topological polar surface area (TPSA) is 43.9 Å². The van der Waals surface area contributed by atoms with Crippen LogP contribution in [0.4, 0.5) is 5.69 Å². The van der Waals surface area contributed by atoms with Crippen molar-refractivity contribution >= 4 is 54.6 Å². The number of piperazine rings is 1. The number of sulfonamides is 1. The second-order valence-electron chi connectivity index (χ2n) is 6.43. The minimum Gasteiger partial charge on any atom is -0.378 e. The molecule has 0 spiro atoms. The maximum Gasteiger partial charge on any atom is 0.252 e. The summed E-state index contributed by atoms with van der Waals surface area (Å²) in [6.07, 6.45) is 0. The molecule has 2 heterocycles. The lowest BCUT2D eigenvalue weighted by atomic mass is 10.2. The van der Waals surface area contributed by atoms with E-state index in [1.165, 1.54) is 11.3 Å². The van der Waals surface area contributed by atoms with Crippen molar-refractivity contribution in [3.63, 3.8) is 0 Å². The first-order valence-electron chi connectivity index (χ1n) is 8.21. The Labute approximate surface area is 172 Å². The number of benzene rings is 1. The van der Waals surface area contributed by atoms with E-state index in [0.717, 1.165) is 31.0 Å². The molecule has 0 amide bonds. The van der Waals surface area contributed by atoms with Crippen LogP contribution in [0.25, 0.3) is 0 Å². The van der Waals surface area contributed by atoms with E-state index in [4.69, 9.17) is 11.6 Å². The number of rotatable bonds is 5. The molecule has 1 aliphatic rings. The maximum absolute atomic E-state index is 12.8. The van der Waals surface area contributed by atoms with Gasteiger partial charge in [0, 0.05) is 57.0 Å². The number of thiophene rings is 1. The van der Waals surface area contributed by atoms with Gasteiger partial charge in [-0.25, -0.2) is 8.42 Å². The van der Waals surface area contributed by atoms with E-state index in [-0.39, 0.29) is 0 Å². The first-order chi connectivity index (χ1) is 12.3. The monoisotopic (exact) mass is 477 g/mol. The summed E-state index contributed by atoms with van der Waals surface area (Å²) < 4.78 is 28.4. The van der Waals surface area contributed by atoms with Crippen molar-refractivity contribution in [2.45, 2.75) is 10.8 Å². The zero-order chi connectivity index (χ0) is 18.9. The summed E-state index contributed by atoms with van der Waals surface area (Å²) in [5.74, 6) is 0. The number of hydrogen-bond donors (Lipinski definition) is 0. The smallest absolute Gasteiger partial charge is 0.252 e. The van der Waals surface area contributed by atoms with Crippen LogP contribution >= 0.6 is 38.9 Å². The molecule has 142 valence electrons. The van der Waals surface area contributed by atoms with Gasteiger partial charge in [-0.05, 0) is 39.7 Å². The Kier molecular flexibility index (Phi) is 6.31. The third-order valence-electron chi connectivity index (χ3n) is 4.41. The third-order valence-corrected chi connectivity index (χ3v) is 9.23. The van der Waals surface area contributed by atoms with Gasteiger partial charge in [0.15, 0.2) is 0 Å². The van der Waals surface area contributed by atoms with Crippen molar-refractivity contribution in [3.05, 3.63) is 44.7 Å². The predicted molar refractivity (Wildman–Crippen MR) is 112 cm³/mol. The molecule has 3 rings (SSSR count). The van der Waals surface area contributed by atoms with Crippen LogP contribution in [-0.2, 0) is 16.6 Å². The number of anilines is 1. The van der Waals surface area contributed by atoms with Gasteiger partial charge < -0.3 is 4.90 Å². The Morgan fingerprint density at radius 1 is 1.15 bits per heavy atom. The molecule has 1 aromatic carbocycles. The van der Waals surface area contributed by atoms with E-state index in [2.05, 4.69) is 50.0 Å². The van der Waals surface area contributed by atoms with Gasteiger partial charge in [0.25, 0.3) is 10.0 Å². The van der Waals surface area contributed by atoms with Crippen LogP contribution in [0.5, 0.6) is 0 Å². The molecular weight excluding hydrogens is 458 g/mol. The van der Waals surface area contributed by atoms with Crippen LogP contribution in [0, 0.1) is 0 Å². The quantitative estimate of drug-likeness (QED) is 0.657. The SMILES string of the molecule is CN(C)c1ccc(CN2CCN(S(=O)(=O)c3cc(Br)c(Cl)s3)CC2)cc1. The van der Waals surface area contributed by atoms with Gasteiger partial charge in [0.2, 0.25) is 0 Å². The van der Waals surface area contributed by atoms with Crippen molar-refractivity contribution < 1.29 is 8.42 Å². The summed E-state index contributed by atoms with van der Waals surface area (Å²) in [5, 5.41) is 0. The summed E-state index contributed by atoms with van der Waals surface area (Å²) >= 11 is 10.4. The highest BCUT2D eigenvalue weighted by atomic mass is 79.9. The molecule has 5 nitrogen and oxygen atoms in total. The van der Waals surface area contributed by atoms with Gasteiger partial charge in [-0.15, -0.1) is 11.3 Å². The minimum absolute atomic E-state index is 0.294. The molecule has 0 unspecified atom stereocenters. The molecule has 0 aliphatic carbocycles. The number of hydrogen-bond acceptors (Lipinski definition) is 5. The van der Waals surface area contributed by atoms with E-state index in [1.807, 2.05) is 14.1 Å². The van der Waals surface area contributed by atoms with E-state index in [0.29, 0.717) is 26.1 Å². The van der Waals surface area contributed by atoms with E-state index in [9.17, 15) is 8.42 Å². The van der Waals surface area contributed by atoms with Crippen LogP contribution in [0.3, 0.4) is 0 Å². The predicted octanol–water partition coefficient (Wildman–Crippen LogP) is 3.74. The zero-order valence-electron chi connectivity index (χ0n) is 14.7. The fraction of sp³-hybridized carbons (Fsp3) is 0.412. The van der Waals surface area contributed by atoms with Gasteiger partial charge in [-0.2, -0.15) is 4.31 Å². The molecule has 9 heteroatoms. The Hall–Kier alpha value is -0.640. The Morgan fingerprint density at radius 2 is 1.77 bits per heavy atom. The Morgan fingerprint density at radius 3 is 2.27 bits per heavy atom. The summed E-state index contributed by atoms with van der Waals surface area (Å²) in [6, 6.07) is 10.1. The molecule has 1 fully saturated rings. The standard InChI is InChI=1S/C17H21BrClN3O2S2/c1-20(2)14-5-3-13(4-6-14)12-21-7-9-22(10-8-21)26(23,24)16-11-15(18)17(19)25-16/h3-6,11H,7-10,12H2,1-2H3. The van der Waals surface area contributed by atoms with Crippen molar-refractivity contribution in [3.8, 4) is 0 Å². The van der Waals surface area contributed by atoms with E-state index in [1.54, 1.807) is 10.4 Å². The molecular formula is C17H21BrClN3O2S2. The average molecular weight is 479 g/mol. The lowest BCUT2D eigenvalue weighted by Gasteiger charge is -2.33. The lowest BCUT2D eigenvalue weighted by molar-refractivity contribution is 0.182. The Bertz CT molecular complexity index is 841. The fourth-order valence-corrected chi connectivity index (χ4v) is 6.75. The first kappa shape index (κ1) is 20.1.